The maximum atomic E-state index is 12.9. The van der Waals surface area contributed by atoms with Crippen LogP contribution in [0.25, 0.3) is 0 Å². The highest BCUT2D eigenvalue weighted by Crippen LogP contribution is 2.36. The number of nitrogens with two attached hydrogens (primary N) is 1. The normalized spacial score (nSPS) is 11.6. The first-order valence-corrected chi connectivity index (χ1v) is 7.07. The first kappa shape index (κ1) is 15.1. The van der Waals surface area contributed by atoms with Crippen LogP contribution in [-0.2, 0) is 11.9 Å². The molecule has 2 aromatic rings. The Morgan fingerprint density at radius 2 is 1.80 bits per heavy atom. The number of halogens is 4. The average molecular weight is 318 g/mol. The van der Waals surface area contributed by atoms with Gasteiger partial charge in [0.2, 0.25) is 0 Å². The lowest BCUT2D eigenvalue weighted by Gasteiger charge is -2.13. The van der Waals surface area contributed by atoms with Gasteiger partial charge in [-0.05, 0) is 29.8 Å². The maximum Gasteiger partial charge on any atom is 0.416 e. The van der Waals surface area contributed by atoms with Crippen molar-refractivity contribution in [2.45, 2.75) is 16.8 Å². The van der Waals surface area contributed by atoms with Crippen molar-refractivity contribution >= 4 is 29.1 Å². The minimum Gasteiger partial charge on any atom is -0.398 e. The summed E-state index contributed by atoms with van der Waals surface area (Å²) in [6.07, 6.45) is -4.35. The van der Waals surface area contributed by atoms with E-state index in [0.29, 0.717) is 15.6 Å². The minimum absolute atomic E-state index is 0.181. The minimum atomic E-state index is -4.35. The molecule has 0 aliphatic carbocycles. The molecule has 0 saturated heterocycles. The molecule has 106 valence electrons. The highest BCUT2D eigenvalue weighted by molar-refractivity contribution is 7.98. The summed E-state index contributed by atoms with van der Waals surface area (Å²) in [5, 5.41) is 0.505. The number of rotatable bonds is 3. The summed E-state index contributed by atoms with van der Waals surface area (Å²) >= 11 is 7.09. The second kappa shape index (κ2) is 5.97. The highest BCUT2D eigenvalue weighted by Gasteiger charge is 2.32. The Labute approximate surface area is 123 Å². The lowest BCUT2D eigenvalue weighted by Crippen LogP contribution is -2.08. The summed E-state index contributed by atoms with van der Waals surface area (Å²) in [5.41, 5.74) is 5.89. The van der Waals surface area contributed by atoms with E-state index < -0.39 is 11.7 Å². The molecular formula is C14H11ClF3NS. The fourth-order valence-electron chi connectivity index (χ4n) is 1.71. The van der Waals surface area contributed by atoms with Gasteiger partial charge in [-0.25, -0.2) is 0 Å². The second-order valence-electron chi connectivity index (χ2n) is 4.13. The molecule has 2 rings (SSSR count). The summed E-state index contributed by atoms with van der Waals surface area (Å²) in [6.45, 7) is 0. The molecule has 0 aliphatic rings. The number of anilines is 1. The Morgan fingerprint density at radius 3 is 2.50 bits per heavy atom. The zero-order chi connectivity index (χ0) is 14.8. The molecule has 1 nitrogen and oxygen atoms in total. The Kier molecular flexibility index (Phi) is 4.50. The zero-order valence-corrected chi connectivity index (χ0v) is 11.8. The third-order valence-corrected chi connectivity index (χ3v) is 4.04. The number of nitrogen functional groups attached to an aromatic ring is 1. The number of hydrogen-bond donors (Lipinski definition) is 1. The summed E-state index contributed by atoms with van der Waals surface area (Å²) in [5.74, 6) is 0.181. The van der Waals surface area contributed by atoms with Crippen LogP contribution >= 0.6 is 23.4 Å². The quantitative estimate of drug-likeness (QED) is 0.619. The van der Waals surface area contributed by atoms with Gasteiger partial charge in [0.25, 0.3) is 0 Å². The average Bonchev–Trinajstić information content (AvgIpc) is 2.39. The molecule has 0 amide bonds. The molecule has 0 saturated carbocycles. The molecule has 6 heteroatoms. The van der Waals surface area contributed by atoms with Gasteiger partial charge >= 0.3 is 6.18 Å². The van der Waals surface area contributed by atoms with Crippen molar-refractivity contribution in [3.8, 4) is 0 Å². The molecule has 0 atom stereocenters. The van der Waals surface area contributed by atoms with Crippen LogP contribution in [0, 0.1) is 0 Å². The SMILES string of the molecule is Nc1ccc(Cl)cc1SCc1ccccc1C(F)(F)F. The lowest BCUT2D eigenvalue weighted by atomic mass is 10.1. The largest absolute Gasteiger partial charge is 0.416 e. The summed E-state index contributed by atoms with van der Waals surface area (Å²) in [6, 6.07) is 10.5. The van der Waals surface area contributed by atoms with E-state index in [9.17, 15) is 13.2 Å². The molecule has 20 heavy (non-hydrogen) atoms. The van der Waals surface area contributed by atoms with Crippen LogP contribution in [0.15, 0.2) is 47.4 Å². The highest BCUT2D eigenvalue weighted by atomic mass is 35.5. The number of alkyl halides is 3. The van der Waals surface area contributed by atoms with E-state index in [1.54, 1.807) is 24.3 Å². The number of thioether (sulfide) groups is 1. The fraction of sp³-hybridized carbons (Fsp3) is 0.143. The van der Waals surface area contributed by atoms with Crippen LogP contribution in [0.2, 0.25) is 5.02 Å². The van der Waals surface area contributed by atoms with Crippen molar-refractivity contribution in [3.05, 3.63) is 58.6 Å². The Balaban J connectivity index is 2.21. The zero-order valence-electron chi connectivity index (χ0n) is 10.2. The Morgan fingerprint density at radius 1 is 1.10 bits per heavy atom. The third-order valence-electron chi connectivity index (χ3n) is 2.68. The van der Waals surface area contributed by atoms with Crippen molar-refractivity contribution in [1.29, 1.82) is 0 Å². The fourth-order valence-corrected chi connectivity index (χ4v) is 2.96. The first-order chi connectivity index (χ1) is 9.38. The van der Waals surface area contributed by atoms with E-state index in [1.807, 2.05) is 0 Å². The van der Waals surface area contributed by atoms with Crippen LogP contribution in [0.3, 0.4) is 0 Å². The van der Waals surface area contributed by atoms with Crippen molar-refractivity contribution in [3.63, 3.8) is 0 Å². The van der Waals surface area contributed by atoms with Crippen LogP contribution in [-0.4, -0.2) is 0 Å². The molecule has 2 aromatic carbocycles. The van der Waals surface area contributed by atoms with Gasteiger partial charge in [0.1, 0.15) is 0 Å². The van der Waals surface area contributed by atoms with E-state index in [4.69, 9.17) is 17.3 Å². The van der Waals surface area contributed by atoms with Gasteiger partial charge in [0.05, 0.1) is 5.56 Å². The van der Waals surface area contributed by atoms with Crippen LogP contribution in [0.4, 0.5) is 18.9 Å². The van der Waals surface area contributed by atoms with Gasteiger partial charge in [-0.15, -0.1) is 11.8 Å². The summed E-state index contributed by atoms with van der Waals surface area (Å²) in [4.78, 5) is 0.675. The number of benzene rings is 2. The topological polar surface area (TPSA) is 26.0 Å². The predicted octanol–water partition coefficient (Wildman–Crippen LogP) is 5.23. The molecule has 0 bridgehead atoms. The van der Waals surface area contributed by atoms with Crippen LogP contribution in [0.1, 0.15) is 11.1 Å². The molecule has 0 radical (unpaired) electrons. The molecule has 0 aromatic heterocycles. The number of hydrogen-bond acceptors (Lipinski definition) is 2. The van der Waals surface area contributed by atoms with Crippen molar-refractivity contribution in [2.24, 2.45) is 0 Å². The first-order valence-electron chi connectivity index (χ1n) is 5.71. The second-order valence-corrected chi connectivity index (χ2v) is 5.58. The van der Waals surface area contributed by atoms with E-state index in [1.165, 1.54) is 23.9 Å². The van der Waals surface area contributed by atoms with E-state index in [-0.39, 0.29) is 11.3 Å². The lowest BCUT2D eigenvalue weighted by molar-refractivity contribution is -0.138. The van der Waals surface area contributed by atoms with E-state index >= 15 is 0 Å². The molecular weight excluding hydrogens is 307 g/mol. The van der Waals surface area contributed by atoms with Crippen molar-refractivity contribution in [2.75, 3.05) is 5.73 Å². The maximum absolute atomic E-state index is 12.9. The predicted molar refractivity (Wildman–Crippen MR) is 76.9 cm³/mol. The Hall–Kier alpha value is -1.33. The van der Waals surface area contributed by atoms with Gasteiger partial charge < -0.3 is 5.73 Å². The molecule has 0 unspecified atom stereocenters. The van der Waals surface area contributed by atoms with Gasteiger partial charge in [-0.3, -0.25) is 0 Å². The molecule has 0 spiro atoms. The van der Waals surface area contributed by atoms with Gasteiger partial charge in [-0.1, -0.05) is 29.8 Å². The van der Waals surface area contributed by atoms with E-state index in [2.05, 4.69) is 0 Å². The molecule has 2 N–H and O–H groups in total. The monoisotopic (exact) mass is 317 g/mol. The summed E-state index contributed by atoms with van der Waals surface area (Å²) < 4.78 is 38.6. The third kappa shape index (κ3) is 3.61. The van der Waals surface area contributed by atoms with E-state index in [0.717, 1.165) is 6.07 Å². The standard InChI is InChI=1S/C14H11ClF3NS/c15-10-5-6-12(19)13(7-10)20-8-9-3-1-2-4-11(9)14(16,17)18/h1-7H,8,19H2. The Bertz CT molecular complexity index is 614. The van der Waals surface area contributed by atoms with Crippen LogP contribution in [0.5, 0.6) is 0 Å². The molecule has 0 heterocycles. The van der Waals surface area contributed by atoms with Gasteiger partial charge in [0, 0.05) is 21.4 Å². The van der Waals surface area contributed by atoms with Gasteiger partial charge in [0.15, 0.2) is 0 Å². The van der Waals surface area contributed by atoms with Gasteiger partial charge in [-0.2, -0.15) is 13.2 Å². The van der Waals surface area contributed by atoms with Crippen LogP contribution < -0.4 is 5.73 Å². The molecule has 0 fully saturated rings. The smallest absolute Gasteiger partial charge is 0.398 e. The summed E-state index contributed by atoms with van der Waals surface area (Å²) in [7, 11) is 0. The van der Waals surface area contributed by atoms with Crippen molar-refractivity contribution < 1.29 is 13.2 Å². The molecule has 0 aliphatic heterocycles. The van der Waals surface area contributed by atoms with Crippen molar-refractivity contribution in [1.82, 2.24) is 0 Å².